The third-order valence-electron chi connectivity index (χ3n) is 1.37. The molecule has 1 aromatic rings. The largest absolute Gasteiger partial charge is 0.491 e. The molecule has 0 bridgehead atoms. The van der Waals surface area contributed by atoms with Crippen molar-refractivity contribution in [3.05, 3.63) is 22.4 Å². The van der Waals surface area contributed by atoms with Crippen LogP contribution in [0.25, 0.3) is 0 Å². The van der Waals surface area contributed by atoms with Gasteiger partial charge in [0.15, 0.2) is 0 Å². The van der Waals surface area contributed by atoms with Crippen LogP contribution in [0.1, 0.15) is 5.56 Å². The van der Waals surface area contributed by atoms with Crippen molar-refractivity contribution < 1.29 is 9.84 Å². The molecule has 66 valence electrons. The average molecular weight is 232 g/mol. The first-order valence-corrected chi connectivity index (χ1v) is 4.39. The Labute approximate surface area is 79.5 Å². The highest BCUT2D eigenvalue weighted by Gasteiger charge is 1.99. The summed E-state index contributed by atoms with van der Waals surface area (Å²) >= 11 is 3.23. The second-order valence-electron chi connectivity index (χ2n) is 2.34. The lowest BCUT2D eigenvalue weighted by molar-refractivity contribution is 0.200. The van der Waals surface area contributed by atoms with E-state index in [-0.39, 0.29) is 6.61 Å². The number of nitrogens with zero attached hydrogens (tertiary/aromatic N) is 1. The summed E-state index contributed by atoms with van der Waals surface area (Å²) in [5.74, 6) is 0.755. The molecule has 0 saturated heterocycles. The summed E-state index contributed by atoms with van der Waals surface area (Å²) in [5.41, 5.74) is 0.964. The summed E-state index contributed by atoms with van der Waals surface area (Å²) in [6.07, 6.45) is 1.72. The van der Waals surface area contributed by atoms with Gasteiger partial charge in [-0.25, -0.2) is 4.98 Å². The summed E-state index contributed by atoms with van der Waals surface area (Å²) in [4.78, 5) is 4.02. The second kappa shape index (κ2) is 4.42. The number of aliphatic hydroxyl groups excluding tert-OH is 1. The zero-order chi connectivity index (χ0) is 8.97. The molecule has 0 aromatic carbocycles. The van der Waals surface area contributed by atoms with E-state index in [1.807, 2.05) is 6.92 Å². The zero-order valence-electron chi connectivity index (χ0n) is 6.75. The molecule has 0 aliphatic rings. The molecular weight excluding hydrogens is 222 g/mol. The molecule has 1 heterocycles. The van der Waals surface area contributed by atoms with Gasteiger partial charge in [-0.2, -0.15) is 0 Å². The van der Waals surface area contributed by atoms with Crippen LogP contribution in [0.5, 0.6) is 5.75 Å². The lowest BCUT2D eigenvalue weighted by atomic mass is 10.3. The molecule has 4 heteroatoms. The van der Waals surface area contributed by atoms with Gasteiger partial charge in [0.2, 0.25) is 0 Å². The molecule has 1 aromatic heterocycles. The van der Waals surface area contributed by atoms with Gasteiger partial charge in [0, 0.05) is 17.8 Å². The number of pyridine rings is 1. The van der Waals surface area contributed by atoms with Crippen molar-refractivity contribution in [1.29, 1.82) is 0 Å². The fourth-order valence-electron chi connectivity index (χ4n) is 0.792. The third kappa shape index (κ3) is 2.46. The first-order chi connectivity index (χ1) is 5.74. The van der Waals surface area contributed by atoms with Crippen LogP contribution in [-0.2, 0) is 0 Å². The Morgan fingerprint density at radius 2 is 2.42 bits per heavy atom. The van der Waals surface area contributed by atoms with Crippen molar-refractivity contribution in [1.82, 2.24) is 4.98 Å². The number of aromatic nitrogens is 1. The minimum Gasteiger partial charge on any atom is -0.491 e. The molecule has 0 atom stereocenters. The van der Waals surface area contributed by atoms with Crippen LogP contribution in [0.15, 0.2) is 16.9 Å². The predicted octanol–water partition coefficient (Wildman–Crippen LogP) is 1.52. The summed E-state index contributed by atoms with van der Waals surface area (Å²) in [7, 11) is 0. The van der Waals surface area contributed by atoms with E-state index in [1.54, 1.807) is 12.3 Å². The maximum Gasteiger partial charge on any atom is 0.126 e. The summed E-state index contributed by atoms with van der Waals surface area (Å²) in [6, 6.07) is 1.78. The Morgan fingerprint density at radius 1 is 1.67 bits per heavy atom. The van der Waals surface area contributed by atoms with Crippen molar-refractivity contribution >= 4 is 15.9 Å². The Morgan fingerprint density at radius 3 is 3.08 bits per heavy atom. The van der Waals surface area contributed by atoms with Crippen molar-refractivity contribution in [3.63, 3.8) is 0 Å². The number of halogens is 1. The highest BCUT2D eigenvalue weighted by molar-refractivity contribution is 9.10. The monoisotopic (exact) mass is 231 g/mol. The molecule has 0 aliphatic carbocycles. The van der Waals surface area contributed by atoms with Crippen LogP contribution in [-0.4, -0.2) is 23.3 Å². The summed E-state index contributed by atoms with van der Waals surface area (Å²) in [5, 5.41) is 8.54. The molecule has 0 aliphatic heterocycles. The minimum absolute atomic E-state index is 0.0272. The number of hydrogen-bond acceptors (Lipinski definition) is 3. The molecule has 0 radical (unpaired) electrons. The average Bonchev–Trinajstić information content (AvgIpc) is 2.07. The van der Waals surface area contributed by atoms with Gasteiger partial charge in [-0.3, -0.25) is 0 Å². The van der Waals surface area contributed by atoms with Crippen LogP contribution in [0, 0.1) is 6.92 Å². The lowest BCUT2D eigenvalue weighted by Gasteiger charge is -2.06. The van der Waals surface area contributed by atoms with Gasteiger partial charge in [0.05, 0.1) is 6.61 Å². The highest BCUT2D eigenvalue weighted by Crippen LogP contribution is 2.20. The Balaban J connectivity index is 2.75. The molecule has 0 saturated carbocycles. The predicted molar refractivity (Wildman–Crippen MR) is 49.3 cm³/mol. The topological polar surface area (TPSA) is 42.4 Å². The molecule has 0 fully saturated rings. The fourth-order valence-corrected chi connectivity index (χ4v) is 1.10. The standard InChI is InChI=1S/C8H10BrNO2/c1-6-5-10-8(9)4-7(6)12-3-2-11/h4-5,11H,2-3H2,1H3. The van der Waals surface area contributed by atoms with Crippen LogP contribution < -0.4 is 4.74 Å². The van der Waals surface area contributed by atoms with Crippen molar-refractivity contribution in [2.75, 3.05) is 13.2 Å². The van der Waals surface area contributed by atoms with Gasteiger partial charge in [0.1, 0.15) is 17.0 Å². The maximum absolute atomic E-state index is 8.54. The van der Waals surface area contributed by atoms with E-state index in [0.29, 0.717) is 6.61 Å². The fraction of sp³-hybridized carbons (Fsp3) is 0.375. The van der Waals surface area contributed by atoms with Crippen molar-refractivity contribution in [2.45, 2.75) is 6.92 Å². The van der Waals surface area contributed by atoms with Crippen LogP contribution in [0.4, 0.5) is 0 Å². The zero-order valence-corrected chi connectivity index (χ0v) is 8.34. The van der Waals surface area contributed by atoms with Gasteiger partial charge < -0.3 is 9.84 Å². The quantitative estimate of drug-likeness (QED) is 0.803. The van der Waals surface area contributed by atoms with Gasteiger partial charge in [-0.15, -0.1) is 0 Å². The van der Waals surface area contributed by atoms with Gasteiger partial charge >= 0.3 is 0 Å². The third-order valence-corrected chi connectivity index (χ3v) is 1.80. The second-order valence-corrected chi connectivity index (χ2v) is 3.16. The smallest absolute Gasteiger partial charge is 0.126 e. The van der Waals surface area contributed by atoms with Gasteiger partial charge in [-0.05, 0) is 22.9 Å². The molecule has 0 unspecified atom stereocenters. The minimum atomic E-state index is 0.0272. The lowest BCUT2D eigenvalue weighted by Crippen LogP contribution is -2.03. The molecule has 3 nitrogen and oxygen atoms in total. The van der Waals surface area contributed by atoms with E-state index in [0.717, 1.165) is 15.9 Å². The number of rotatable bonds is 3. The number of ether oxygens (including phenoxy) is 1. The SMILES string of the molecule is Cc1cnc(Br)cc1OCCO. The van der Waals surface area contributed by atoms with Crippen LogP contribution in [0.3, 0.4) is 0 Å². The molecule has 1 rings (SSSR count). The molecule has 0 amide bonds. The van der Waals surface area contributed by atoms with Crippen molar-refractivity contribution in [2.24, 2.45) is 0 Å². The number of aryl methyl sites for hydroxylation is 1. The number of aliphatic hydroxyl groups is 1. The number of hydrogen-bond donors (Lipinski definition) is 1. The van der Waals surface area contributed by atoms with E-state index >= 15 is 0 Å². The highest BCUT2D eigenvalue weighted by atomic mass is 79.9. The summed E-state index contributed by atoms with van der Waals surface area (Å²) < 4.78 is 5.98. The molecule has 1 N–H and O–H groups in total. The van der Waals surface area contributed by atoms with Crippen molar-refractivity contribution in [3.8, 4) is 5.75 Å². The van der Waals surface area contributed by atoms with E-state index < -0.39 is 0 Å². The molecule has 12 heavy (non-hydrogen) atoms. The van der Waals surface area contributed by atoms with E-state index in [4.69, 9.17) is 9.84 Å². The van der Waals surface area contributed by atoms with Crippen LogP contribution in [0.2, 0.25) is 0 Å². The molecular formula is C8H10BrNO2. The maximum atomic E-state index is 8.54. The first kappa shape index (κ1) is 9.48. The first-order valence-electron chi connectivity index (χ1n) is 3.60. The normalized spacial score (nSPS) is 9.92. The molecule has 0 spiro atoms. The van der Waals surface area contributed by atoms with Crippen LogP contribution >= 0.6 is 15.9 Å². The van der Waals surface area contributed by atoms with E-state index in [2.05, 4.69) is 20.9 Å². The van der Waals surface area contributed by atoms with Gasteiger partial charge in [0.25, 0.3) is 0 Å². The van der Waals surface area contributed by atoms with E-state index in [1.165, 1.54) is 0 Å². The van der Waals surface area contributed by atoms with E-state index in [9.17, 15) is 0 Å². The Kier molecular flexibility index (Phi) is 3.49. The summed E-state index contributed by atoms with van der Waals surface area (Å²) in [6.45, 7) is 2.25. The Bertz CT molecular complexity index is 265. The Hall–Kier alpha value is -0.610. The van der Waals surface area contributed by atoms with Gasteiger partial charge in [-0.1, -0.05) is 0 Å².